The number of hydrogen-bond donors (Lipinski definition) is 1. The molecule has 1 N–H and O–H groups in total. The number of hydrogen-bond acceptors (Lipinski definition) is 2. The lowest BCUT2D eigenvalue weighted by Gasteiger charge is -2.12. The number of benzene rings is 2. The molecule has 0 radical (unpaired) electrons. The van der Waals surface area contributed by atoms with Gasteiger partial charge in [0.1, 0.15) is 11.9 Å². The van der Waals surface area contributed by atoms with E-state index in [-0.39, 0.29) is 5.56 Å². The molecule has 4 heteroatoms. The number of ether oxygens (including phenoxy) is 1. The van der Waals surface area contributed by atoms with Crippen molar-refractivity contribution < 1.29 is 18.6 Å². The smallest absolute Gasteiger partial charge is 0.263 e. The number of aliphatic hydroxyl groups excluding tert-OH is 1. The van der Waals surface area contributed by atoms with Gasteiger partial charge in [-0.15, -0.1) is 0 Å². The third-order valence-corrected chi connectivity index (χ3v) is 2.94. The Hall–Kier alpha value is -1.94. The molecule has 0 aliphatic rings. The number of aliphatic hydroxyl groups is 1. The molecule has 0 saturated carbocycles. The minimum atomic E-state index is -2.49. The molecule has 0 saturated heterocycles. The van der Waals surface area contributed by atoms with E-state index in [0.29, 0.717) is 16.9 Å². The van der Waals surface area contributed by atoms with Crippen LogP contribution in [0.1, 0.15) is 29.2 Å². The Kier molecular flexibility index (Phi) is 4.12. The molecular weight excluding hydrogens is 250 g/mol. The van der Waals surface area contributed by atoms with Crippen LogP contribution >= 0.6 is 0 Å². The standard InChI is InChI=1S/C15H14F2O2/c1-19-13-8-6-11(7-9-13)14(18)10-2-4-12(5-3-10)15(16)17/h2-9,14-15,18H,1H3. The summed E-state index contributed by atoms with van der Waals surface area (Å²) in [5.74, 6) is 0.698. The van der Waals surface area contributed by atoms with Gasteiger partial charge in [-0.25, -0.2) is 8.78 Å². The fraction of sp³-hybridized carbons (Fsp3) is 0.200. The molecule has 0 heterocycles. The van der Waals surface area contributed by atoms with Crippen molar-refractivity contribution in [1.29, 1.82) is 0 Å². The Balaban J connectivity index is 2.20. The van der Waals surface area contributed by atoms with E-state index in [0.717, 1.165) is 0 Å². The van der Waals surface area contributed by atoms with Crippen LogP contribution in [0.2, 0.25) is 0 Å². The van der Waals surface area contributed by atoms with Gasteiger partial charge in [0.2, 0.25) is 0 Å². The Labute approximate surface area is 110 Å². The summed E-state index contributed by atoms with van der Waals surface area (Å²) >= 11 is 0. The zero-order valence-electron chi connectivity index (χ0n) is 10.4. The Bertz CT molecular complexity index is 521. The summed E-state index contributed by atoms with van der Waals surface area (Å²) in [4.78, 5) is 0. The van der Waals surface area contributed by atoms with Crippen molar-refractivity contribution in [2.45, 2.75) is 12.5 Å². The minimum Gasteiger partial charge on any atom is -0.497 e. The predicted molar refractivity (Wildman–Crippen MR) is 68.5 cm³/mol. The topological polar surface area (TPSA) is 29.5 Å². The van der Waals surface area contributed by atoms with Gasteiger partial charge in [0.15, 0.2) is 0 Å². The minimum absolute atomic E-state index is 0.0503. The largest absolute Gasteiger partial charge is 0.497 e. The van der Waals surface area contributed by atoms with Gasteiger partial charge in [-0.3, -0.25) is 0 Å². The first-order valence-corrected chi connectivity index (χ1v) is 5.82. The van der Waals surface area contributed by atoms with Crippen LogP contribution in [-0.2, 0) is 0 Å². The van der Waals surface area contributed by atoms with Crippen LogP contribution in [0.5, 0.6) is 5.75 Å². The average Bonchev–Trinajstić information content (AvgIpc) is 2.46. The van der Waals surface area contributed by atoms with Gasteiger partial charge in [-0.1, -0.05) is 36.4 Å². The molecule has 1 atom stereocenters. The second-order valence-electron chi connectivity index (χ2n) is 4.14. The summed E-state index contributed by atoms with van der Waals surface area (Å²) in [7, 11) is 1.56. The second-order valence-corrected chi connectivity index (χ2v) is 4.14. The monoisotopic (exact) mass is 264 g/mol. The first-order chi connectivity index (χ1) is 9.11. The van der Waals surface area contributed by atoms with Crippen molar-refractivity contribution in [2.24, 2.45) is 0 Å². The summed E-state index contributed by atoms with van der Waals surface area (Å²) in [5.41, 5.74) is 1.21. The molecule has 0 aliphatic heterocycles. The lowest BCUT2D eigenvalue weighted by Crippen LogP contribution is -2.00. The van der Waals surface area contributed by atoms with Crippen LogP contribution in [0.3, 0.4) is 0 Å². The zero-order valence-corrected chi connectivity index (χ0v) is 10.4. The molecule has 0 bridgehead atoms. The van der Waals surface area contributed by atoms with E-state index in [1.165, 1.54) is 24.3 Å². The highest BCUT2D eigenvalue weighted by Crippen LogP contribution is 2.26. The molecule has 100 valence electrons. The fourth-order valence-electron chi connectivity index (χ4n) is 1.80. The second kappa shape index (κ2) is 5.80. The van der Waals surface area contributed by atoms with Gasteiger partial charge in [0.05, 0.1) is 7.11 Å². The quantitative estimate of drug-likeness (QED) is 0.912. The van der Waals surface area contributed by atoms with E-state index in [9.17, 15) is 13.9 Å². The van der Waals surface area contributed by atoms with Crippen molar-refractivity contribution >= 4 is 0 Å². The van der Waals surface area contributed by atoms with E-state index in [1.54, 1.807) is 31.4 Å². The molecule has 2 nitrogen and oxygen atoms in total. The van der Waals surface area contributed by atoms with Gasteiger partial charge in [-0.05, 0) is 23.3 Å². The lowest BCUT2D eigenvalue weighted by molar-refractivity contribution is 0.151. The molecule has 0 aromatic heterocycles. The van der Waals surface area contributed by atoms with Crippen LogP contribution in [0.4, 0.5) is 8.78 Å². The average molecular weight is 264 g/mol. The third-order valence-electron chi connectivity index (χ3n) is 2.94. The number of alkyl halides is 2. The lowest BCUT2D eigenvalue weighted by atomic mass is 10.0. The van der Waals surface area contributed by atoms with Gasteiger partial charge < -0.3 is 9.84 Å². The van der Waals surface area contributed by atoms with E-state index in [4.69, 9.17) is 4.74 Å². The maximum Gasteiger partial charge on any atom is 0.263 e. The maximum atomic E-state index is 12.4. The first kappa shape index (κ1) is 13.5. The third kappa shape index (κ3) is 3.09. The summed E-state index contributed by atoms with van der Waals surface area (Å²) in [5, 5.41) is 10.2. The van der Waals surface area contributed by atoms with Gasteiger partial charge in [0.25, 0.3) is 6.43 Å². The normalized spacial score (nSPS) is 12.5. The SMILES string of the molecule is COc1ccc(C(O)c2ccc(C(F)F)cc2)cc1. The number of methoxy groups -OCH3 is 1. The Morgan fingerprint density at radius 3 is 1.68 bits per heavy atom. The van der Waals surface area contributed by atoms with Crippen molar-refractivity contribution in [1.82, 2.24) is 0 Å². The van der Waals surface area contributed by atoms with Crippen LogP contribution in [-0.4, -0.2) is 12.2 Å². The van der Waals surface area contributed by atoms with Crippen molar-refractivity contribution in [3.63, 3.8) is 0 Å². The highest BCUT2D eigenvalue weighted by atomic mass is 19.3. The molecule has 19 heavy (non-hydrogen) atoms. The summed E-state index contributed by atoms with van der Waals surface area (Å²) in [6.45, 7) is 0. The van der Waals surface area contributed by atoms with Crippen molar-refractivity contribution in [2.75, 3.05) is 7.11 Å². The van der Waals surface area contributed by atoms with Crippen LogP contribution in [0, 0.1) is 0 Å². The van der Waals surface area contributed by atoms with Gasteiger partial charge >= 0.3 is 0 Å². The van der Waals surface area contributed by atoms with E-state index in [2.05, 4.69) is 0 Å². The molecular formula is C15H14F2O2. The highest BCUT2D eigenvalue weighted by Gasteiger charge is 2.12. The molecule has 0 fully saturated rings. The van der Waals surface area contributed by atoms with E-state index in [1.807, 2.05) is 0 Å². The zero-order chi connectivity index (χ0) is 13.8. The van der Waals surface area contributed by atoms with Crippen LogP contribution in [0.25, 0.3) is 0 Å². The molecule has 1 unspecified atom stereocenters. The Morgan fingerprint density at radius 1 is 0.842 bits per heavy atom. The van der Waals surface area contributed by atoms with Crippen LogP contribution in [0.15, 0.2) is 48.5 Å². The van der Waals surface area contributed by atoms with E-state index < -0.39 is 12.5 Å². The molecule has 2 rings (SSSR count). The van der Waals surface area contributed by atoms with E-state index >= 15 is 0 Å². The van der Waals surface area contributed by atoms with Gasteiger partial charge in [0, 0.05) is 5.56 Å². The number of rotatable bonds is 4. The highest BCUT2D eigenvalue weighted by molar-refractivity contribution is 5.35. The summed E-state index contributed by atoms with van der Waals surface area (Å²) in [6, 6.07) is 12.6. The molecule has 0 spiro atoms. The Morgan fingerprint density at radius 2 is 1.26 bits per heavy atom. The molecule has 2 aromatic rings. The van der Waals surface area contributed by atoms with Crippen molar-refractivity contribution in [3.8, 4) is 5.75 Å². The molecule has 0 amide bonds. The molecule has 2 aromatic carbocycles. The molecule has 0 aliphatic carbocycles. The van der Waals surface area contributed by atoms with Crippen molar-refractivity contribution in [3.05, 3.63) is 65.2 Å². The fourth-order valence-corrected chi connectivity index (χ4v) is 1.80. The predicted octanol–water partition coefficient (Wildman–Crippen LogP) is 3.71. The first-order valence-electron chi connectivity index (χ1n) is 5.82. The maximum absolute atomic E-state index is 12.4. The summed E-state index contributed by atoms with van der Waals surface area (Å²) in [6.07, 6.45) is -3.33. The van der Waals surface area contributed by atoms with Crippen LogP contribution < -0.4 is 4.74 Å². The summed E-state index contributed by atoms with van der Waals surface area (Å²) < 4.78 is 29.9. The van der Waals surface area contributed by atoms with Gasteiger partial charge in [-0.2, -0.15) is 0 Å². The number of halogens is 2.